The van der Waals surface area contributed by atoms with Crippen LogP contribution in [-0.4, -0.2) is 0 Å². The van der Waals surface area contributed by atoms with Gasteiger partial charge in [-0.2, -0.15) is 0 Å². The Labute approximate surface area is 58.7 Å². The quantitative estimate of drug-likeness (QED) is 0.533. The van der Waals surface area contributed by atoms with E-state index in [0.29, 0.717) is 0 Å². The molecule has 1 fully saturated rings. The molecule has 54 valence electrons. The summed E-state index contributed by atoms with van der Waals surface area (Å²) in [6.45, 7) is 9.36. The minimum absolute atomic E-state index is 0.928. The van der Waals surface area contributed by atoms with Gasteiger partial charge in [0.05, 0.1) is 0 Å². The molecule has 9 heavy (non-hydrogen) atoms. The van der Waals surface area contributed by atoms with Crippen molar-refractivity contribution in [3.05, 3.63) is 0 Å². The molecule has 0 saturated heterocycles. The highest BCUT2D eigenvalue weighted by Gasteiger charge is 2.40. The molecule has 1 aliphatic rings. The maximum absolute atomic E-state index is 2.34. The van der Waals surface area contributed by atoms with Crippen molar-refractivity contribution in [2.45, 2.75) is 34.1 Å². The number of hydrogen-bond acceptors (Lipinski definition) is 0. The van der Waals surface area contributed by atoms with Gasteiger partial charge in [0.15, 0.2) is 0 Å². The first kappa shape index (κ1) is 7.11. The SMILES string of the molecule is CC(C)[C@@H]1C[C@H]1C(C)C. The molecule has 0 aromatic carbocycles. The monoisotopic (exact) mass is 126 g/mol. The molecule has 1 rings (SSSR count). The zero-order valence-corrected chi connectivity index (χ0v) is 7.02. The maximum atomic E-state index is 2.34. The average Bonchev–Trinajstić information content (AvgIpc) is 2.39. The van der Waals surface area contributed by atoms with Gasteiger partial charge in [0, 0.05) is 0 Å². The van der Waals surface area contributed by atoms with Crippen molar-refractivity contribution in [1.29, 1.82) is 0 Å². The minimum atomic E-state index is 0.928. The summed E-state index contributed by atoms with van der Waals surface area (Å²) in [7, 11) is 0. The first-order valence-electron chi connectivity index (χ1n) is 4.13. The lowest BCUT2D eigenvalue weighted by Crippen LogP contribution is -1.97. The molecule has 1 aliphatic carbocycles. The van der Waals surface area contributed by atoms with Crippen LogP contribution in [0.15, 0.2) is 0 Å². The van der Waals surface area contributed by atoms with Gasteiger partial charge in [-0.05, 0) is 30.1 Å². The summed E-state index contributed by atoms with van der Waals surface area (Å²) < 4.78 is 0. The molecule has 0 radical (unpaired) electrons. The molecule has 0 aliphatic heterocycles. The molecule has 0 unspecified atom stereocenters. The van der Waals surface area contributed by atoms with Crippen LogP contribution in [0, 0.1) is 23.7 Å². The van der Waals surface area contributed by atoms with E-state index in [1.807, 2.05) is 0 Å². The van der Waals surface area contributed by atoms with E-state index in [0.717, 1.165) is 23.7 Å². The van der Waals surface area contributed by atoms with E-state index in [9.17, 15) is 0 Å². The summed E-state index contributed by atoms with van der Waals surface area (Å²) >= 11 is 0. The van der Waals surface area contributed by atoms with E-state index in [1.54, 1.807) is 0 Å². The van der Waals surface area contributed by atoms with Crippen LogP contribution in [0.5, 0.6) is 0 Å². The smallest absolute Gasteiger partial charge is 0.0357 e. The van der Waals surface area contributed by atoms with Crippen molar-refractivity contribution in [2.24, 2.45) is 23.7 Å². The highest BCUT2D eigenvalue weighted by atomic mass is 14.5. The number of rotatable bonds is 2. The molecule has 0 amide bonds. The zero-order chi connectivity index (χ0) is 7.02. The van der Waals surface area contributed by atoms with Crippen molar-refractivity contribution in [3.63, 3.8) is 0 Å². The fourth-order valence-electron chi connectivity index (χ4n) is 1.77. The third kappa shape index (κ3) is 1.47. The van der Waals surface area contributed by atoms with Crippen LogP contribution in [0.3, 0.4) is 0 Å². The van der Waals surface area contributed by atoms with E-state index in [1.165, 1.54) is 6.42 Å². The summed E-state index contributed by atoms with van der Waals surface area (Å²) in [5.41, 5.74) is 0. The Morgan fingerprint density at radius 1 is 0.889 bits per heavy atom. The van der Waals surface area contributed by atoms with Crippen LogP contribution < -0.4 is 0 Å². The van der Waals surface area contributed by atoms with Crippen LogP contribution in [0.1, 0.15) is 34.1 Å². The Kier molecular flexibility index (Phi) is 1.83. The van der Waals surface area contributed by atoms with E-state index in [4.69, 9.17) is 0 Å². The van der Waals surface area contributed by atoms with Gasteiger partial charge in [-0.3, -0.25) is 0 Å². The Hall–Kier alpha value is 0. The largest absolute Gasteiger partial charge is 0.0625 e. The second kappa shape index (κ2) is 2.32. The van der Waals surface area contributed by atoms with Gasteiger partial charge in [0.1, 0.15) is 0 Å². The molecular formula is C9H18. The molecule has 0 aromatic rings. The first-order valence-corrected chi connectivity index (χ1v) is 4.13. The number of hydrogen-bond donors (Lipinski definition) is 0. The van der Waals surface area contributed by atoms with Crippen LogP contribution in [0.4, 0.5) is 0 Å². The van der Waals surface area contributed by atoms with Gasteiger partial charge in [-0.15, -0.1) is 0 Å². The second-order valence-electron chi connectivity index (χ2n) is 4.05. The van der Waals surface area contributed by atoms with E-state index in [-0.39, 0.29) is 0 Å². The third-order valence-electron chi connectivity index (χ3n) is 2.60. The van der Waals surface area contributed by atoms with Crippen molar-refractivity contribution in [2.75, 3.05) is 0 Å². The molecule has 0 aromatic heterocycles. The molecule has 0 nitrogen and oxygen atoms in total. The molecule has 0 N–H and O–H groups in total. The molecule has 0 spiro atoms. The molecular weight excluding hydrogens is 108 g/mol. The van der Waals surface area contributed by atoms with Crippen LogP contribution in [0.2, 0.25) is 0 Å². The highest BCUT2D eigenvalue weighted by molar-refractivity contribution is 4.89. The Bertz CT molecular complexity index is 80.2. The topological polar surface area (TPSA) is 0 Å². The predicted octanol–water partition coefficient (Wildman–Crippen LogP) is 2.93. The van der Waals surface area contributed by atoms with Gasteiger partial charge in [0.25, 0.3) is 0 Å². The summed E-state index contributed by atoms with van der Waals surface area (Å²) in [5, 5.41) is 0. The maximum Gasteiger partial charge on any atom is -0.0357 e. The van der Waals surface area contributed by atoms with E-state index >= 15 is 0 Å². The highest BCUT2D eigenvalue weighted by Crippen LogP contribution is 2.48. The Balaban J connectivity index is 2.24. The van der Waals surface area contributed by atoms with Crippen LogP contribution >= 0.6 is 0 Å². The standard InChI is InChI=1S/C9H18/c1-6(2)8-5-9(8)7(3)4/h6-9H,5H2,1-4H3/t8-,9-/m0/s1. The summed E-state index contributed by atoms with van der Waals surface area (Å²) in [6, 6.07) is 0. The Morgan fingerprint density at radius 2 is 1.22 bits per heavy atom. The fourth-order valence-corrected chi connectivity index (χ4v) is 1.77. The van der Waals surface area contributed by atoms with Gasteiger partial charge in [-0.1, -0.05) is 27.7 Å². The van der Waals surface area contributed by atoms with E-state index in [2.05, 4.69) is 27.7 Å². The Morgan fingerprint density at radius 3 is 1.33 bits per heavy atom. The van der Waals surface area contributed by atoms with Crippen molar-refractivity contribution in [3.8, 4) is 0 Å². The first-order chi connectivity index (χ1) is 4.13. The van der Waals surface area contributed by atoms with Gasteiger partial charge in [0.2, 0.25) is 0 Å². The molecule has 0 heterocycles. The average molecular weight is 126 g/mol. The fraction of sp³-hybridized carbons (Fsp3) is 1.00. The lowest BCUT2D eigenvalue weighted by molar-refractivity contribution is 0.448. The van der Waals surface area contributed by atoms with Crippen molar-refractivity contribution in [1.82, 2.24) is 0 Å². The van der Waals surface area contributed by atoms with Crippen LogP contribution in [-0.2, 0) is 0 Å². The summed E-state index contributed by atoms with van der Waals surface area (Å²) in [5.74, 6) is 3.98. The molecule has 1 saturated carbocycles. The van der Waals surface area contributed by atoms with Crippen molar-refractivity contribution < 1.29 is 0 Å². The molecule has 2 atom stereocenters. The zero-order valence-electron chi connectivity index (χ0n) is 7.02. The van der Waals surface area contributed by atoms with Gasteiger partial charge in [-0.25, -0.2) is 0 Å². The van der Waals surface area contributed by atoms with Gasteiger partial charge < -0.3 is 0 Å². The van der Waals surface area contributed by atoms with E-state index < -0.39 is 0 Å². The lowest BCUT2D eigenvalue weighted by atomic mass is 10.0. The summed E-state index contributed by atoms with van der Waals surface area (Å²) in [4.78, 5) is 0. The second-order valence-corrected chi connectivity index (χ2v) is 4.05. The third-order valence-corrected chi connectivity index (χ3v) is 2.60. The predicted molar refractivity (Wildman–Crippen MR) is 41.3 cm³/mol. The van der Waals surface area contributed by atoms with Gasteiger partial charge >= 0.3 is 0 Å². The lowest BCUT2D eigenvalue weighted by Gasteiger charge is -2.04. The normalized spacial score (nSPS) is 34.0. The molecule has 0 heteroatoms. The van der Waals surface area contributed by atoms with Crippen LogP contribution in [0.25, 0.3) is 0 Å². The summed E-state index contributed by atoms with van der Waals surface area (Å²) in [6.07, 6.45) is 1.50. The molecule has 0 bridgehead atoms. The minimum Gasteiger partial charge on any atom is -0.0625 e. The van der Waals surface area contributed by atoms with Crippen molar-refractivity contribution >= 4 is 0 Å².